The fourth-order valence-electron chi connectivity index (χ4n) is 4.37. The van der Waals surface area contributed by atoms with Crippen LogP contribution >= 0.6 is 0 Å². The van der Waals surface area contributed by atoms with Crippen LogP contribution in [0.15, 0.2) is 53.6 Å². The number of anilines is 2. The molecule has 0 unspecified atom stereocenters. The summed E-state index contributed by atoms with van der Waals surface area (Å²) in [6.45, 7) is 5.15. The second kappa shape index (κ2) is 8.03. The number of H-pyrrole nitrogens is 1. The van der Waals surface area contributed by atoms with Crippen molar-refractivity contribution in [2.75, 3.05) is 36.8 Å². The van der Waals surface area contributed by atoms with Crippen LogP contribution in [0.25, 0.3) is 21.9 Å². The lowest BCUT2D eigenvalue weighted by Gasteiger charge is -2.36. The summed E-state index contributed by atoms with van der Waals surface area (Å²) in [4.78, 5) is 37.5. The number of nitrogens with zero attached hydrogens (tertiary/aromatic N) is 4. The third-order valence-electron chi connectivity index (χ3n) is 6.16. The summed E-state index contributed by atoms with van der Waals surface area (Å²) in [5.41, 5.74) is 10.7. The zero-order valence-electron chi connectivity index (χ0n) is 18.0. The van der Waals surface area contributed by atoms with E-state index in [-0.39, 0.29) is 17.9 Å². The van der Waals surface area contributed by atoms with E-state index in [4.69, 9.17) is 5.73 Å². The standard InChI is InChI=1S/C24H26N6O2/c1-16-5-6-20-19(13-16)22-23(27-20)24(32)30(15-26-22)8-7-21(31)29-11-9-28(10-12-29)18-4-2-3-17(25)14-18/h2-6,13-15,27H,7-12,25H2,1H3. The third-order valence-corrected chi connectivity index (χ3v) is 6.16. The number of aromatic amines is 1. The number of nitrogens with two attached hydrogens (primary N) is 1. The van der Waals surface area contributed by atoms with Gasteiger partial charge in [0, 0.05) is 61.4 Å². The van der Waals surface area contributed by atoms with Crippen molar-refractivity contribution in [3.8, 4) is 0 Å². The quantitative estimate of drug-likeness (QED) is 0.485. The predicted octanol–water partition coefficient (Wildman–Crippen LogP) is 2.51. The number of carbonyl (C=O) groups is 1. The van der Waals surface area contributed by atoms with Crippen molar-refractivity contribution in [1.29, 1.82) is 0 Å². The highest BCUT2D eigenvalue weighted by Crippen LogP contribution is 2.22. The predicted molar refractivity (Wildman–Crippen MR) is 127 cm³/mol. The number of benzene rings is 2. The van der Waals surface area contributed by atoms with Gasteiger partial charge in [-0.25, -0.2) is 4.98 Å². The number of hydrogen-bond donors (Lipinski definition) is 2. The molecule has 0 aliphatic carbocycles. The summed E-state index contributed by atoms with van der Waals surface area (Å²) >= 11 is 0. The molecule has 5 rings (SSSR count). The summed E-state index contributed by atoms with van der Waals surface area (Å²) in [5.74, 6) is 0.0523. The number of fused-ring (bicyclic) bond motifs is 3. The number of carbonyl (C=O) groups excluding carboxylic acids is 1. The largest absolute Gasteiger partial charge is 0.399 e. The molecule has 0 saturated carbocycles. The van der Waals surface area contributed by atoms with Crippen molar-refractivity contribution >= 4 is 39.2 Å². The normalized spacial score (nSPS) is 14.4. The molecule has 0 spiro atoms. The van der Waals surface area contributed by atoms with Gasteiger partial charge in [-0.2, -0.15) is 0 Å². The van der Waals surface area contributed by atoms with Gasteiger partial charge in [0.15, 0.2) is 0 Å². The van der Waals surface area contributed by atoms with Crippen molar-refractivity contribution in [1.82, 2.24) is 19.4 Å². The molecule has 1 saturated heterocycles. The number of nitrogen functional groups attached to an aromatic ring is 1. The summed E-state index contributed by atoms with van der Waals surface area (Å²) in [6.07, 6.45) is 1.82. The summed E-state index contributed by atoms with van der Waals surface area (Å²) in [5, 5.41) is 0.943. The van der Waals surface area contributed by atoms with Gasteiger partial charge < -0.3 is 20.5 Å². The Kier molecular flexibility index (Phi) is 5.05. The van der Waals surface area contributed by atoms with E-state index in [1.807, 2.05) is 54.3 Å². The minimum atomic E-state index is -0.150. The van der Waals surface area contributed by atoms with Crippen LogP contribution in [-0.2, 0) is 11.3 Å². The molecule has 3 heterocycles. The number of hydrogen-bond acceptors (Lipinski definition) is 5. The van der Waals surface area contributed by atoms with Gasteiger partial charge in [0.05, 0.1) is 6.33 Å². The lowest BCUT2D eigenvalue weighted by Crippen LogP contribution is -2.49. The summed E-state index contributed by atoms with van der Waals surface area (Å²) in [7, 11) is 0. The molecule has 8 nitrogen and oxygen atoms in total. The van der Waals surface area contributed by atoms with Crippen LogP contribution < -0.4 is 16.2 Å². The van der Waals surface area contributed by atoms with E-state index in [9.17, 15) is 9.59 Å². The first-order valence-electron chi connectivity index (χ1n) is 10.9. The number of nitrogens with one attached hydrogen (secondary N) is 1. The highest BCUT2D eigenvalue weighted by molar-refractivity contribution is 6.04. The summed E-state index contributed by atoms with van der Waals surface area (Å²) in [6, 6.07) is 13.8. The van der Waals surface area contributed by atoms with E-state index < -0.39 is 0 Å². The lowest BCUT2D eigenvalue weighted by molar-refractivity contribution is -0.131. The molecule has 1 fully saturated rings. The minimum Gasteiger partial charge on any atom is -0.399 e. The Labute approximate surface area is 185 Å². The van der Waals surface area contributed by atoms with Crippen molar-refractivity contribution in [2.24, 2.45) is 0 Å². The first-order valence-corrected chi connectivity index (χ1v) is 10.9. The molecule has 164 valence electrons. The number of rotatable bonds is 4. The third kappa shape index (κ3) is 3.68. The molecular formula is C24H26N6O2. The molecule has 8 heteroatoms. The molecule has 1 aliphatic rings. The molecule has 4 aromatic rings. The smallest absolute Gasteiger partial charge is 0.277 e. The molecule has 2 aromatic heterocycles. The van der Waals surface area contributed by atoms with Crippen LogP contribution in [-0.4, -0.2) is 51.5 Å². The number of amides is 1. The maximum Gasteiger partial charge on any atom is 0.277 e. The first-order chi connectivity index (χ1) is 15.5. The second-order valence-electron chi connectivity index (χ2n) is 8.35. The van der Waals surface area contributed by atoms with E-state index in [0.29, 0.717) is 30.7 Å². The zero-order valence-corrected chi connectivity index (χ0v) is 18.0. The molecule has 32 heavy (non-hydrogen) atoms. The van der Waals surface area contributed by atoms with Crippen molar-refractivity contribution in [2.45, 2.75) is 19.9 Å². The van der Waals surface area contributed by atoms with Gasteiger partial charge >= 0.3 is 0 Å². The zero-order chi connectivity index (χ0) is 22.2. The van der Waals surface area contributed by atoms with E-state index >= 15 is 0 Å². The molecule has 0 bridgehead atoms. The van der Waals surface area contributed by atoms with Crippen LogP contribution in [0.2, 0.25) is 0 Å². The van der Waals surface area contributed by atoms with Gasteiger partial charge in [0.2, 0.25) is 5.91 Å². The van der Waals surface area contributed by atoms with Gasteiger partial charge in [-0.3, -0.25) is 14.2 Å². The Bertz CT molecular complexity index is 1360. The van der Waals surface area contributed by atoms with Crippen molar-refractivity contribution in [3.63, 3.8) is 0 Å². The van der Waals surface area contributed by atoms with Crippen LogP contribution in [0, 0.1) is 6.92 Å². The Hall–Kier alpha value is -3.81. The van der Waals surface area contributed by atoms with Crippen LogP contribution in [0.5, 0.6) is 0 Å². The highest BCUT2D eigenvalue weighted by Gasteiger charge is 2.21. The second-order valence-corrected chi connectivity index (χ2v) is 8.35. The fraction of sp³-hybridized carbons (Fsp3) is 0.292. The monoisotopic (exact) mass is 430 g/mol. The van der Waals surface area contributed by atoms with Crippen molar-refractivity contribution in [3.05, 3.63) is 64.7 Å². The fourth-order valence-corrected chi connectivity index (χ4v) is 4.37. The number of aryl methyl sites for hydroxylation is 2. The highest BCUT2D eigenvalue weighted by atomic mass is 16.2. The first kappa shape index (κ1) is 20.1. The molecule has 3 N–H and O–H groups in total. The average Bonchev–Trinajstić information content (AvgIpc) is 3.17. The molecule has 1 amide bonds. The Morgan fingerprint density at radius 2 is 1.94 bits per heavy atom. The van der Waals surface area contributed by atoms with Crippen LogP contribution in [0.4, 0.5) is 11.4 Å². The Balaban J connectivity index is 1.25. The maximum absolute atomic E-state index is 12.9. The maximum atomic E-state index is 12.9. The average molecular weight is 431 g/mol. The Morgan fingerprint density at radius 3 is 2.72 bits per heavy atom. The van der Waals surface area contributed by atoms with E-state index in [0.717, 1.165) is 40.9 Å². The number of aromatic nitrogens is 3. The lowest BCUT2D eigenvalue weighted by atomic mass is 10.2. The van der Waals surface area contributed by atoms with Crippen LogP contribution in [0.3, 0.4) is 0 Å². The van der Waals surface area contributed by atoms with Gasteiger partial charge in [-0.05, 0) is 37.3 Å². The molecule has 0 radical (unpaired) electrons. The van der Waals surface area contributed by atoms with Gasteiger partial charge in [-0.15, -0.1) is 0 Å². The van der Waals surface area contributed by atoms with Gasteiger partial charge in [0.25, 0.3) is 5.56 Å². The van der Waals surface area contributed by atoms with Crippen molar-refractivity contribution < 1.29 is 4.79 Å². The SMILES string of the molecule is Cc1ccc2[nH]c3c(=O)n(CCC(=O)N4CCN(c5cccc(N)c5)CC4)cnc3c2c1. The van der Waals surface area contributed by atoms with Gasteiger partial charge in [0.1, 0.15) is 11.0 Å². The van der Waals surface area contributed by atoms with E-state index in [1.54, 1.807) is 6.33 Å². The van der Waals surface area contributed by atoms with Crippen LogP contribution in [0.1, 0.15) is 12.0 Å². The molecule has 0 atom stereocenters. The molecule has 2 aromatic carbocycles. The van der Waals surface area contributed by atoms with E-state index in [1.165, 1.54) is 4.57 Å². The molecular weight excluding hydrogens is 404 g/mol. The van der Waals surface area contributed by atoms with E-state index in [2.05, 4.69) is 14.9 Å². The Morgan fingerprint density at radius 1 is 1.12 bits per heavy atom. The van der Waals surface area contributed by atoms with Gasteiger partial charge in [-0.1, -0.05) is 17.7 Å². The summed E-state index contributed by atoms with van der Waals surface area (Å²) < 4.78 is 1.52. The minimum absolute atomic E-state index is 0.0523. The molecule has 1 aliphatic heterocycles. The topological polar surface area (TPSA) is 100 Å². The number of piperazine rings is 1.